The Labute approximate surface area is 311 Å². The Morgan fingerprint density at radius 2 is 1.70 bits per heavy atom. The lowest BCUT2D eigenvalue weighted by molar-refractivity contribution is 0.0663. The highest BCUT2D eigenvalue weighted by molar-refractivity contribution is 5.76. The van der Waals surface area contributed by atoms with E-state index in [0.717, 1.165) is 73.1 Å². The van der Waals surface area contributed by atoms with Gasteiger partial charge in [0.1, 0.15) is 46.7 Å². The predicted molar refractivity (Wildman–Crippen MR) is 207 cm³/mol. The van der Waals surface area contributed by atoms with Gasteiger partial charge in [-0.2, -0.15) is 0 Å². The van der Waals surface area contributed by atoms with Crippen LogP contribution in [0.25, 0.3) is 6.08 Å². The smallest absolute Gasteiger partial charge is 0.159 e. The Morgan fingerprint density at radius 3 is 2.53 bits per heavy atom. The zero-order valence-corrected chi connectivity index (χ0v) is 30.7. The first-order valence-electron chi connectivity index (χ1n) is 19.8. The van der Waals surface area contributed by atoms with Crippen molar-refractivity contribution in [1.82, 2.24) is 0 Å². The van der Waals surface area contributed by atoms with Crippen molar-refractivity contribution in [2.75, 3.05) is 0 Å². The van der Waals surface area contributed by atoms with Gasteiger partial charge in [-0.3, -0.25) is 4.99 Å². The molecule has 11 rings (SSSR count). The zero-order chi connectivity index (χ0) is 35.6. The minimum absolute atomic E-state index is 0.0518. The molecule has 53 heavy (non-hydrogen) atoms. The van der Waals surface area contributed by atoms with E-state index in [9.17, 15) is 0 Å². The first kappa shape index (κ1) is 31.5. The molecule has 0 radical (unpaired) electrons. The molecule has 0 fully saturated rings. The number of nitrogens with zero attached hydrogens (tertiary/aromatic N) is 1. The third-order valence-electron chi connectivity index (χ3n) is 13.7. The number of allylic oxidation sites excluding steroid dienone is 6. The molecule has 0 amide bonds. The van der Waals surface area contributed by atoms with Gasteiger partial charge in [0.05, 0.1) is 5.41 Å². The summed E-state index contributed by atoms with van der Waals surface area (Å²) in [7, 11) is 0. The molecule has 3 aromatic rings. The van der Waals surface area contributed by atoms with Crippen LogP contribution < -0.4 is 15.2 Å². The highest BCUT2D eigenvalue weighted by Crippen LogP contribution is 2.63. The molecule has 2 N–H and O–H groups in total. The lowest BCUT2D eigenvalue weighted by Crippen LogP contribution is -2.52. The second kappa shape index (κ2) is 11.5. The maximum absolute atomic E-state index is 7.15. The number of hydrogen-bond donors (Lipinski definition) is 1. The fraction of sp³-hybridized carbons (Fsp3) is 0.383. The lowest BCUT2D eigenvalue weighted by atomic mass is 9.54. The molecule has 4 aliphatic heterocycles. The molecule has 0 saturated heterocycles. The van der Waals surface area contributed by atoms with Gasteiger partial charge in [-0.25, -0.2) is 0 Å². The summed E-state index contributed by atoms with van der Waals surface area (Å²) in [6.07, 6.45) is 25.2. The van der Waals surface area contributed by atoms with Crippen molar-refractivity contribution in [3.05, 3.63) is 147 Å². The summed E-state index contributed by atoms with van der Waals surface area (Å²) in [5, 5.41) is 0. The molecule has 0 bridgehead atoms. The van der Waals surface area contributed by atoms with Crippen LogP contribution in [0.1, 0.15) is 115 Å². The van der Waals surface area contributed by atoms with Crippen molar-refractivity contribution < 1.29 is 18.6 Å². The Kier molecular flexibility index (Phi) is 6.85. The molecule has 4 aliphatic carbocycles. The molecule has 6 nitrogen and oxygen atoms in total. The number of nitrogens with two attached hydrogens (primary N) is 1. The van der Waals surface area contributed by atoms with Gasteiger partial charge in [0, 0.05) is 52.7 Å². The molecule has 6 heteroatoms. The summed E-state index contributed by atoms with van der Waals surface area (Å²) in [5.74, 6) is 7.40. The first-order valence-corrected chi connectivity index (χ1v) is 19.8. The number of benzene rings is 2. The summed E-state index contributed by atoms with van der Waals surface area (Å²) < 4.78 is 27.3. The predicted octanol–water partition coefficient (Wildman–Crippen LogP) is 9.95. The van der Waals surface area contributed by atoms with E-state index in [1.807, 2.05) is 12.3 Å². The molecule has 1 spiro atoms. The fourth-order valence-corrected chi connectivity index (χ4v) is 11.2. The maximum atomic E-state index is 7.15. The van der Waals surface area contributed by atoms with Crippen LogP contribution in [0.5, 0.6) is 11.5 Å². The standard InChI is InChI=1S/C47H46N2O4/c1-25-11-18-39-36(21-25)47(35-16-13-28(22-41(35)51-39)30-7-6-8-32-44-42(24-49-44)53-45(30)32)33-9-4-5-10-38(33)50-40-23-29(14-17-34(40)47)31-15-12-26(2)43-27(3)37(19-20-48)52-46(31)43/h4-6,8,11,13-14,16-20,22-26,30-31,33,38,42,44H,7,9-10,12,15,21,48H2,1-3H3/b20-19-. The van der Waals surface area contributed by atoms with E-state index in [1.54, 1.807) is 6.20 Å². The van der Waals surface area contributed by atoms with Crippen LogP contribution in [-0.2, 0) is 10.2 Å². The fourth-order valence-electron chi connectivity index (χ4n) is 11.2. The average Bonchev–Trinajstić information content (AvgIpc) is 3.63. The molecule has 0 saturated carbocycles. The summed E-state index contributed by atoms with van der Waals surface area (Å²) in [4.78, 5) is 4.62. The van der Waals surface area contributed by atoms with Crippen molar-refractivity contribution in [1.29, 1.82) is 0 Å². The zero-order valence-electron chi connectivity index (χ0n) is 30.7. The van der Waals surface area contributed by atoms with Gasteiger partial charge >= 0.3 is 0 Å². The number of ether oxygens (including phenoxy) is 3. The Hall–Kier alpha value is -4.97. The SMILES string of the molecule is Cc1c(/C=C\N)oc2c1C(C)CCC2c1ccc2c(c1)OC1CC=CCC1C21C2=C(C=CC(C)C2)Oc2cc(C3CC=CC4=C3OC3C=NC43)ccc21. The van der Waals surface area contributed by atoms with Crippen LogP contribution in [0, 0.1) is 18.8 Å². The van der Waals surface area contributed by atoms with Gasteiger partial charge in [0.25, 0.3) is 0 Å². The Balaban J connectivity index is 1.08. The molecule has 8 aliphatic rings. The molecule has 9 unspecified atom stereocenters. The van der Waals surface area contributed by atoms with Crippen LogP contribution in [0.15, 0.2) is 111 Å². The van der Waals surface area contributed by atoms with Crippen LogP contribution >= 0.6 is 0 Å². The minimum Gasteiger partial charge on any atom is -0.489 e. The highest BCUT2D eigenvalue weighted by atomic mass is 16.5. The number of rotatable bonds is 3. The Bertz CT molecular complexity index is 2300. The molecule has 5 heterocycles. The number of furan rings is 1. The van der Waals surface area contributed by atoms with Crippen molar-refractivity contribution in [3.63, 3.8) is 0 Å². The third kappa shape index (κ3) is 4.35. The van der Waals surface area contributed by atoms with E-state index < -0.39 is 0 Å². The van der Waals surface area contributed by atoms with E-state index in [4.69, 9.17) is 24.4 Å². The van der Waals surface area contributed by atoms with Crippen molar-refractivity contribution >= 4 is 12.3 Å². The number of aliphatic imine (C=N–C) groups is 1. The van der Waals surface area contributed by atoms with E-state index in [1.165, 1.54) is 44.5 Å². The van der Waals surface area contributed by atoms with Gasteiger partial charge < -0.3 is 24.4 Å². The molecule has 1 aromatic heterocycles. The monoisotopic (exact) mass is 702 g/mol. The second-order valence-electron chi connectivity index (χ2n) is 16.6. The topological polar surface area (TPSA) is 79.2 Å². The number of hydrogen-bond acceptors (Lipinski definition) is 6. The molecular weight excluding hydrogens is 657 g/mol. The van der Waals surface area contributed by atoms with Gasteiger partial charge in [0.2, 0.25) is 0 Å². The quantitative estimate of drug-likeness (QED) is 0.275. The van der Waals surface area contributed by atoms with Crippen LogP contribution in [0.3, 0.4) is 0 Å². The third-order valence-corrected chi connectivity index (χ3v) is 13.7. The lowest BCUT2D eigenvalue weighted by Gasteiger charge is -2.54. The summed E-state index contributed by atoms with van der Waals surface area (Å²) >= 11 is 0. The molecule has 9 atom stereocenters. The van der Waals surface area contributed by atoms with E-state index >= 15 is 0 Å². The summed E-state index contributed by atoms with van der Waals surface area (Å²) in [5.41, 5.74) is 15.6. The first-order chi connectivity index (χ1) is 25.9. The summed E-state index contributed by atoms with van der Waals surface area (Å²) in [6, 6.07) is 14.3. The maximum Gasteiger partial charge on any atom is 0.159 e. The van der Waals surface area contributed by atoms with Crippen LogP contribution in [-0.4, -0.2) is 24.5 Å². The normalized spacial score (nSPS) is 33.9. The molecule has 2 aromatic carbocycles. The van der Waals surface area contributed by atoms with Gasteiger partial charge in [0.15, 0.2) is 6.10 Å². The highest BCUT2D eigenvalue weighted by Gasteiger charge is 2.57. The van der Waals surface area contributed by atoms with Crippen molar-refractivity contribution in [2.45, 2.75) is 101 Å². The van der Waals surface area contributed by atoms with Gasteiger partial charge in [-0.05, 0) is 104 Å². The van der Waals surface area contributed by atoms with E-state index in [2.05, 4.69) is 98.6 Å². The van der Waals surface area contributed by atoms with E-state index in [-0.39, 0.29) is 41.4 Å². The molecular formula is C47H46N2O4. The average molecular weight is 703 g/mol. The van der Waals surface area contributed by atoms with E-state index in [0.29, 0.717) is 11.8 Å². The number of fused-ring (bicyclic) bond motifs is 10. The second-order valence-corrected chi connectivity index (χ2v) is 16.6. The van der Waals surface area contributed by atoms with Gasteiger partial charge in [-0.1, -0.05) is 68.5 Å². The van der Waals surface area contributed by atoms with Crippen LogP contribution in [0.2, 0.25) is 0 Å². The van der Waals surface area contributed by atoms with Gasteiger partial charge in [-0.15, -0.1) is 0 Å². The minimum atomic E-state index is -0.387. The Morgan fingerprint density at radius 1 is 0.887 bits per heavy atom. The van der Waals surface area contributed by atoms with Crippen LogP contribution in [0.4, 0.5) is 0 Å². The van der Waals surface area contributed by atoms with Crippen molar-refractivity contribution in [3.8, 4) is 11.5 Å². The largest absolute Gasteiger partial charge is 0.489 e. The molecule has 268 valence electrons. The summed E-state index contributed by atoms with van der Waals surface area (Å²) in [6.45, 7) is 6.82. The van der Waals surface area contributed by atoms with Crippen molar-refractivity contribution in [2.24, 2.45) is 22.6 Å².